The quantitative estimate of drug-likeness (QED) is 0.887. The molecule has 2 N–H and O–H groups in total. The number of aryl methyl sites for hydroxylation is 1. The van der Waals surface area contributed by atoms with Crippen LogP contribution in [-0.2, 0) is 6.54 Å². The van der Waals surface area contributed by atoms with Crippen LogP contribution < -0.4 is 11.3 Å². The van der Waals surface area contributed by atoms with Gasteiger partial charge in [0.05, 0.1) is 6.54 Å². The van der Waals surface area contributed by atoms with Crippen molar-refractivity contribution < 1.29 is 0 Å². The zero-order chi connectivity index (χ0) is 14.3. The second kappa shape index (κ2) is 6.39. The molecule has 0 radical (unpaired) electrons. The van der Waals surface area contributed by atoms with Crippen molar-refractivity contribution in [3.8, 4) is 0 Å². The topological polar surface area (TPSA) is 76.5 Å². The summed E-state index contributed by atoms with van der Waals surface area (Å²) in [6, 6.07) is 1.92. The standard InChI is InChI=1S/C13H19N5OS.ClH/c1-8-5-12(19)18-13(15-8)20-11(16-18)7-17(2)10(6-14)9-3-4-9;/h5,9-10H,3-4,6-7,14H2,1-2H3;1H. The number of fused-ring (bicyclic) bond motifs is 1. The van der Waals surface area contributed by atoms with Gasteiger partial charge in [0.25, 0.3) is 5.56 Å². The van der Waals surface area contributed by atoms with Gasteiger partial charge >= 0.3 is 0 Å². The number of likely N-dealkylation sites (N-methyl/N-ethyl adjacent to an activating group) is 1. The fourth-order valence-electron chi connectivity index (χ4n) is 2.57. The summed E-state index contributed by atoms with van der Waals surface area (Å²) in [5.41, 5.74) is 6.48. The zero-order valence-corrected chi connectivity index (χ0v) is 13.8. The van der Waals surface area contributed by atoms with Gasteiger partial charge in [-0.15, -0.1) is 12.4 Å². The van der Waals surface area contributed by atoms with Crippen LogP contribution in [0.3, 0.4) is 0 Å². The summed E-state index contributed by atoms with van der Waals surface area (Å²) in [5.74, 6) is 0.725. The molecule has 0 spiro atoms. The summed E-state index contributed by atoms with van der Waals surface area (Å²) in [6.07, 6.45) is 2.54. The Bertz CT molecular complexity index is 681. The number of nitrogens with zero attached hydrogens (tertiary/aromatic N) is 4. The Labute approximate surface area is 133 Å². The molecule has 21 heavy (non-hydrogen) atoms. The van der Waals surface area contributed by atoms with Crippen LogP contribution in [0.15, 0.2) is 10.9 Å². The minimum Gasteiger partial charge on any atom is -0.329 e. The number of halogens is 1. The lowest BCUT2D eigenvalue weighted by atomic mass is 10.1. The molecule has 3 rings (SSSR count). The van der Waals surface area contributed by atoms with E-state index in [0.717, 1.165) is 16.6 Å². The third-order valence-electron chi connectivity index (χ3n) is 3.77. The molecule has 1 saturated carbocycles. The van der Waals surface area contributed by atoms with Gasteiger partial charge in [0.1, 0.15) is 5.01 Å². The molecule has 6 nitrogen and oxygen atoms in total. The summed E-state index contributed by atoms with van der Waals surface area (Å²) >= 11 is 1.47. The van der Waals surface area contributed by atoms with E-state index in [9.17, 15) is 4.79 Å². The fourth-order valence-corrected chi connectivity index (χ4v) is 3.58. The van der Waals surface area contributed by atoms with Crippen LogP contribution in [0, 0.1) is 12.8 Å². The van der Waals surface area contributed by atoms with E-state index in [1.165, 1.54) is 34.8 Å². The number of hydrogen-bond acceptors (Lipinski definition) is 6. The Hall–Kier alpha value is -1.02. The lowest BCUT2D eigenvalue weighted by Crippen LogP contribution is -2.39. The average molecular weight is 330 g/mol. The van der Waals surface area contributed by atoms with Crippen molar-refractivity contribution in [2.45, 2.75) is 32.4 Å². The van der Waals surface area contributed by atoms with Crippen LogP contribution in [0.5, 0.6) is 0 Å². The zero-order valence-electron chi connectivity index (χ0n) is 12.2. The second-order valence-electron chi connectivity index (χ2n) is 5.48. The molecule has 2 aromatic heterocycles. The van der Waals surface area contributed by atoms with Crippen molar-refractivity contribution in [2.75, 3.05) is 13.6 Å². The maximum Gasteiger partial charge on any atom is 0.275 e. The van der Waals surface area contributed by atoms with E-state index >= 15 is 0 Å². The summed E-state index contributed by atoms with van der Waals surface area (Å²) < 4.78 is 1.38. The van der Waals surface area contributed by atoms with E-state index in [4.69, 9.17) is 5.73 Å². The number of aromatic nitrogens is 3. The van der Waals surface area contributed by atoms with Crippen molar-refractivity contribution in [1.82, 2.24) is 19.5 Å². The first-order valence-corrected chi connectivity index (χ1v) is 7.67. The third-order valence-corrected chi connectivity index (χ3v) is 4.67. The Balaban J connectivity index is 0.00000161. The lowest BCUT2D eigenvalue weighted by Gasteiger charge is -2.25. The van der Waals surface area contributed by atoms with Crippen LogP contribution in [-0.4, -0.2) is 39.1 Å². The minimum atomic E-state index is -0.116. The van der Waals surface area contributed by atoms with E-state index < -0.39 is 0 Å². The molecule has 0 bridgehead atoms. The van der Waals surface area contributed by atoms with Crippen molar-refractivity contribution in [2.24, 2.45) is 11.7 Å². The molecule has 0 aromatic carbocycles. The van der Waals surface area contributed by atoms with Gasteiger partial charge < -0.3 is 5.73 Å². The SMILES string of the molecule is Cc1cc(=O)n2nc(CN(C)C(CN)C3CC3)sc2n1.Cl. The molecule has 1 fully saturated rings. The maximum atomic E-state index is 11.8. The van der Waals surface area contributed by atoms with Crippen LogP contribution in [0.4, 0.5) is 0 Å². The van der Waals surface area contributed by atoms with Gasteiger partial charge in [-0.25, -0.2) is 4.98 Å². The second-order valence-corrected chi connectivity index (χ2v) is 6.52. The molecule has 1 aliphatic rings. The smallest absolute Gasteiger partial charge is 0.275 e. The summed E-state index contributed by atoms with van der Waals surface area (Å²) in [5, 5.41) is 5.27. The maximum absolute atomic E-state index is 11.8. The number of nitrogens with two attached hydrogens (primary N) is 1. The monoisotopic (exact) mass is 329 g/mol. The van der Waals surface area contributed by atoms with E-state index in [1.54, 1.807) is 0 Å². The molecule has 8 heteroatoms. The predicted molar refractivity (Wildman–Crippen MR) is 86.2 cm³/mol. The van der Waals surface area contributed by atoms with Crippen LogP contribution >= 0.6 is 23.7 Å². The normalized spacial score (nSPS) is 16.2. The van der Waals surface area contributed by atoms with Crippen molar-refractivity contribution in [3.63, 3.8) is 0 Å². The molecule has 1 atom stereocenters. The van der Waals surface area contributed by atoms with Gasteiger partial charge in [-0.1, -0.05) is 11.3 Å². The average Bonchev–Trinajstić information content (AvgIpc) is 3.11. The van der Waals surface area contributed by atoms with E-state index in [-0.39, 0.29) is 18.0 Å². The summed E-state index contributed by atoms with van der Waals surface area (Å²) in [7, 11) is 2.07. The first-order chi connectivity index (χ1) is 9.58. The Morgan fingerprint density at radius 3 is 2.90 bits per heavy atom. The Kier molecular flexibility index (Phi) is 4.98. The number of hydrogen-bond donors (Lipinski definition) is 1. The van der Waals surface area contributed by atoms with Crippen LogP contribution in [0.2, 0.25) is 0 Å². The van der Waals surface area contributed by atoms with Crippen molar-refractivity contribution >= 4 is 28.7 Å². The molecule has 1 aliphatic carbocycles. The molecule has 0 aliphatic heterocycles. The highest BCUT2D eigenvalue weighted by Gasteiger charge is 2.33. The summed E-state index contributed by atoms with van der Waals surface area (Å²) in [4.78, 5) is 19.1. The van der Waals surface area contributed by atoms with E-state index in [0.29, 0.717) is 24.1 Å². The first kappa shape index (κ1) is 16.4. The van der Waals surface area contributed by atoms with Crippen LogP contribution in [0.25, 0.3) is 4.96 Å². The number of rotatable bonds is 5. The molecule has 0 amide bonds. The Morgan fingerprint density at radius 1 is 1.57 bits per heavy atom. The Morgan fingerprint density at radius 2 is 2.29 bits per heavy atom. The first-order valence-electron chi connectivity index (χ1n) is 6.85. The third kappa shape index (κ3) is 3.42. The van der Waals surface area contributed by atoms with E-state index in [2.05, 4.69) is 22.0 Å². The van der Waals surface area contributed by atoms with Crippen LogP contribution in [0.1, 0.15) is 23.5 Å². The van der Waals surface area contributed by atoms with Crippen molar-refractivity contribution in [3.05, 3.63) is 27.1 Å². The molecule has 2 heterocycles. The molecule has 1 unspecified atom stereocenters. The highest BCUT2D eigenvalue weighted by Crippen LogP contribution is 2.35. The van der Waals surface area contributed by atoms with Gasteiger partial charge in [-0.2, -0.15) is 9.61 Å². The van der Waals surface area contributed by atoms with Gasteiger partial charge in [0.15, 0.2) is 0 Å². The van der Waals surface area contributed by atoms with Gasteiger partial charge in [-0.05, 0) is 32.7 Å². The van der Waals surface area contributed by atoms with Gasteiger partial charge in [-0.3, -0.25) is 9.69 Å². The largest absolute Gasteiger partial charge is 0.329 e. The van der Waals surface area contributed by atoms with Gasteiger partial charge in [0, 0.05) is 24.3 Å². The highest BCUT2D eigenvalue weighted by atomic mass is 35.5. The van der Waals surface area contributed by atoms with Gasteiger partial charge in [0.2, 0.25) is 4.96 Å². The fraction of sp³-hybridized carbons (Fsp3) is 0.615. The molecule has 0 saturated heterocycles. The lowest BCUT2D eigenvalue weighted by molar-refractivity contribution is 0.215. The molecular weight excluding hydrogens is 310 g/mol. The molecule has 116 valence electrons. The predicted octanol–water partition coefficient (Wildman–Crippen LogP) is 1.05. The minimum absolute atomic E-state index is 0. The molecular formula is C13H20ClN5OS. The summed E-state index contributed by atoms with van der Waals surface area (Å²) in [6.45, 7) is 3.21. The highest BCUT2D eigenvalue weighted by molar-refractivity contribution is 7.16. The van der Waals surface area contributed by atoms with E-state index in [1.807, 2.05) is 6.92 Å². The molecule has 2 aromatic rings. The van der Waals surface area contributed by atoms with Crippen molar-refractivity contribution in [1.29, 1.82) is 0 Å².